The minimum atomic E-state index is 0.528. The molecule has 0 radical (unpaired) electrons. The highest BCUT2D eigenvalue weighted by Gasteiger charge is 2.10. The van der Waals surface area contributed by atoms with Gasteiger partial charge in [-0.05, 0) is 86.3 Å². The van der Waals surface area contributed by atoms with Gasteiger partial charge in [0.1, 0.15) is 12.4 Å². The Hall–Kier alpha value is -1.49. The molecular formula is C21H18Br2ClNO. The average molecular weight is 496 g/mol. The fourth-order valence-corrected chi connectivity index (χ4v) is 4.10. The van der Waals surface area contributed by atoms with Gasteiger partial charge in [0.15, 0.2) is 0 Å². The van der Waals surface area contributed by atoms with Crippen LogP contribution in [0.25, 0.3) is 0 Å². The van der Waals surface area contributed by atoms with Crippen LogP contribution in [0.3, 0.4) is 0 Å². The molecule has 3 aromatic rings. The highest BCUT2D eigenvalue weighted by atomic mass is 79.9. The summed E-state index contributed by atoms with van der Waals surface area (Å²) in [6.45, 7) is 3.31. The van der Waals surface area contributed by atoms with E-state index in [-0.39, 0.29) is 0 Å². The second-order valence-corrected chi connectivity index (χ2v) is 8.17. The number of hydrogen-bond donors (Lipinski definition) is 1. The van der Waals surface area contributed by atoms with Crippen molar-refractivity contribution in [2.24, 2.45) is 0 Å². The SMILES string of the molecule is Cc1ccc(COc2c(Br)cc(CNc3ccc(Cl)cc3)cc2Br)cc1. The number of benzene rings is 3. The second kappa shape index (κ2) is 8.94. The number of aryl methyl sites for hydroxylation is 1. The molecule has 0 fully saturated rings. The summed E-state index contributed by atoms with van der Waals surface area (Å²) < 4.78 is 7.84. The summed E-state index contributed by atoms with van der Waals surface area (Å²) in [5.41, 5.74) is 4.55. The summed E-state index contributed by atoms with van der Waals surface area (Å²) in [7, 11) is 0. The summed E-state index contributed by atoms with van der Waals surface area (Å²) in [5.74, 6) is 0.806. The van der Waals surface area contributed by atoms with Crippen LogP contribution in [-0.4, -0.2) is 0 Å². The predicted molar refractivity (Wildman–Crippen MR) is 116 cm³/mol. The van der Waals surface area contributed by atoms with E-state index < -0.39 is 0 Å². The molecule has 0 atom stereocenters. The molecule has 0 aliphatic heterocycles. The predicted octanol–water partition coefficient (Wildman–Crippen LogP) is 7.36. The highest BCUT2D eigenvalue weighted by Crippen LogP contribution is 2.35. The van der Waals surface area contributed by atoms with E-state index in [1.54, 1.807) is 0 Å². The van der Waals surface area contributed by atoms with Gasteiger partial charge in [0.25, 0.3) is 0 Å². The van der Waals surface area contributed by atoms with Gasteiger partial charge in [-0.2, -0.15) is 0 Å². The molecule has 0 aliphatic rings. The summed E-state index contributed by atoms with van der Waals surface area (Å²) in [4.78, 5) is 0. The summed E-state index contributed by atoms with van der Waals surface area (Å²) in [6.07, 6.45) is 0. The van der Waals surface area contributed by atoms with Gasteiger partial charge in [-0.15, -0.1) is 0 Å². The van der Waals surface area contributed by atoms with E-state index in [0.29, 0.717) is 13.2 Å². The highest BCUT2D eigenvalue weighted by molar-refractivity contribution is 9.11. The molecule has 0 spiro atoms. The van der Waals surface area contributed by atoms with Gasteiger partial charge in [0.2, 0.25) is 0 Å². The Morgan fingerprint density at radius 2 is 1.50 bits per heavy atom. The van der Waals surface area contributed by atoms with Crippen LogP contribution in [0.5, 0.6) is 5.75 Å². The Labute approximate surface area is 175 Å². The smallest absolute Gasteiger partial charge is 0.148 e. The van der Waals surface area contributed by atoms with E-state index in [1.165, 1.54) is 5.56 Å². The maximum Gasteiger partial charge on any atom is 0.148 e. The number of rotatable bonds is 6. The van der Waals surface area contributed by atoms with E-state index in [9.17, 15) is 0 Å². The van der Waals surface area contributed by atoms with Gasteiger partial charge in [-0.3, -0.25) is 0 Å². The lowest BCUT2D eigenvalue weighted by molar-refractivity contribution is 0.302. The third-order valence-corrected chi connectivity index (χ3v) is 5.33. The monoisotopic (exact) mass is 493 g/mol. The zero-order valence-corrected chi connectivity index (χ0v) is 18.2. The van der Waals surface area contributed by atoms with Crippen LogP contribution in [0.2, 0.25) is 5.02 Å². The van der Waals surface area contributed by atoms with Crippen LogP contribution < -0.4 is 10.1 Å². The molecule has 26 heavy (non-hydrogen) atoms. The summed E-state index contributed by atoms with van der Waals surface area (Å²) >= 11 is 13.2. The first-order valence-electron chi connectivity index (χ1n) is 8.17. The Kier molecular flexibility index (Phi) is 6.63. The van der Waals surface area contributed by atoms with Crippen molar-refractivity contribution in [3.8, 4) is 5.75 Å². The minimum Gasteiger partial charge on any atom is -0.487 e. The topological polar surface area (TPSA) is 21.3 Å². The molecule has 0 heterocycles. The lowest BCUT2D eigenvalue weighted by atomic mass is 10.2. The molecule has 0 aromatic heterocycles. The third kappa shape index (κ3) is 5.26. The maximum absolute atomic E-state index is 6.00. The Morgan fingerprint density at radius 1 is 0.885 bits per heavy atom. The van der Waals surface area contributed by atoms with E-state index in [4.69, 9.17) is 16.3 Å². The van der Waals surface area contributed by atoms with Gasteiger partial charge < -0.3 is 10.1 Å². The number of halogens is 3. The zero-order valence-electron chi connectivity index (χ0n) is 14.2. The molecule has 0 unspecified atom stereocenters. The van der Waals surface area contributed by atoms with Gasteiger partial charge in [0, 0.05) is 17.3 Å². The van der Waals surface area contributed by atoms with Gasteiger partial charge >= 0.3 is 0 Å². The third-order valence-electron chi connectivity index (χ3n) is 3.90. The fourth-order valence-electron chi connectivity index (χ4n) is 2.46. The molecule has 2 nitrogen and oxygen atoms in total. The average Bonchev–Trinajstić information content (AvgIpc) is 2.62. The molecule has 0 saturated carbocycles. The van der Waals surface area contributed by atoms with Crippen molar-refractivity contribution < 1.29 is 4.74 Å². The standard InChI is InChI=1S/C21H18Br2ClNO/c1-14-2-4-15(5-3-14)13-26-21-19(22)10-16(11-20(21)23)12-25-18-8-6-17(24)7-9-18/h2-11,25H,12-13H2,1H3. The molecule has 3 rings (SSSR count). The van der Waals surface area contributed by atoms with Crippen molar-refractivity contribution >= 4 is 49.1 Å². The zero-order chi connectivity index (χ0) is 18.5. The number of nitrogens with one attached hydrogen (secondary N) is 1. The second-order valence-electron chi connectivity index (χ2n) is 6.02. The normalized spacial score (nSPS) is 10.6. The molecule has 0 aliphatic carbocycles. The van der Waals surface area contributed by atoms with E-state index in [1.807, 2.05) is 24.3 Å². The molecule has 5 heteroatoms. The van der Waals surface area contributed by atoms with Gasteiger partial charge in [-0.25, -0.2) is 0 Å². The van der Waals surface area contributed by atoms with Crippen molar-refractivity contribution in [3.05, 3.63) is 91.3 Å². The van der Waals surface area contributed by atoms with Crippen molar-refractivity contribution in [2.75, 3.05) is 5.32 Å². The van der Waals surface area contributed by atoms with Gasteiger partial charge in [-0.1, -0.05) is 41.4 Å². The van der Waals surface area contributed by atoms with Gasteiger partial charge in [0.05, 0.1) is 8.95 Å². The molecule has 1 N–H and O–H groups in total. The van der Waals surface area contributed by atoms with Crippen LogP contribution in [0.15, 0.2) is 69.6 Å². The Bertz CT molecular complexity index is 857. The first-order valence-corrected chi connectivity index (χ1v) is 10.1. The van der Waals surface area contributed by atoms with Crippen LogP contribution in [0.1, 0.15) is 16.7 Å². The van der Waals surface area contributed by atoms with Crippen LogP contribution in [-0.2, 0) is 13.2 Å². The van der Waals surface area contributed by atoms with E-state index >= 15 is 0 Å². The maximum atomic E-state index is 6.00. The first kappa shape index (κ1) is 19.3. The van der Waals surface area contributed by atoms with Crippen molar-refractivity contribution in [1.82, 2.24) is 0 Å². The van der Waals surface area contributed by atoms with Crippen LogP contribution in [0.4, 0.5) is 5.69 Å². The lowest BCUT2D eigenvalue weighted by Crippen LogP contribution is -2.01. The Morgan fingerprint density at radius 3 is 2.12 bits per heavy atom. The largest absolute Gasteiger partial charge is 0.487 e. The molecule has 0 amide bonds. The van der Waals surface area contributed by atoms with E-state index in [0.717, 1.165) is 36.5 Å². The van der Waals surface area contributed by atoms with Crippen LogP contribution >= 0.6 is 43.5 Å². The first-order chi connectivity index (χ1) is 12.5. The quantitative estimate of drug-likeness (QED) is 0.386. The number of anilines is 1. The van der Waals surface area contributed by atoms with Crippen molar-refractivity contribution in [1.29, 1.82) is 0 Å². The molecule has 0 bridgehead atoms. The molecule has 3 aromatic carbocycles. The van der Waals surface area contributed by atoms with Crippen molar-refractivity contribution in [3.63, 3.8) is 0 Å². The lowest BCUT2D eigenvalue weighted by Gasteiger charge is -2.13. The van der Waals surface area contributed by atoms with Crippen LogP contribution in [0, 0.1) is 6.92 Å². The van der Waals surface area contributed by atoms with Crippen molar-refractivity contribution in [2.45, 2.75) is 20.1 Å². The summed E-state index contributed by atoms with van der Waals surface area (Å²) in [6, 6.07) is 20.2. The number of ether oxygens (including phenoxy) is 1. The molecular weight excluding hydrogens is 477 g/mol. The molecule has 0 saturated heterocycles. The Balaban J connectivity index is 1.65. The number of hydrogen-bond acceptors (Lipinski definition) is 2. The summed E-state index contributed by atoms with van der Waals surface area (Å²) in [5, 5.41) is 4.12. The van der Waals surface area contributed by atoms with E-state index in [2.05, 4.69) is 80.5 Å². The fraction of sp³-hybridized carbons (Fsp3) is 0.143. The molecule has 134 valence electrons. The minimum absolute atomic E-state index is 0.528.